The molecule has 0 bridgehead atoms. The van der Waals surface area contributed by atoms with Crippen molar-refractivity contribution in [2.24, 2.45) is 12.2 Å². The number of hydrogen-bond acceptors (Lipinski definition) is 5. The van der Waals surface area contributed by atoms with Crippen LogP contribution in [0.1, 0.15) is 5.56 Å². The van der Waals surface area contributed by atoms with Crippen LogP contribution in [0, 0.1) is 0 Å². The summed E-state index contributed by atoms with van der Waals surface area (Å²) in [6, 6.07) is 10.9. The zero-order valence-corrected chi connectivity index (χ0v) is 13.9. The van der Waals surface area contributed by atoms with Crippen LogP contribution in [0.15, 0.2) is 59.9 Å². The van der Waals surface area contributed by atoms with Crippen molar-refractivity contribution in [1.82, 2.24) is 14.8 Å². The van der Waals surface area contributed by atoms with Crippen LogP contribution in [0.25, 0.3) is 11.1 Å². The van der Waals surface area contributed by atoms with Crippen molar-refractivity contribution in [3.63, 3.8) is 0 Å². The number of aromatic nitrogens is 3. The number of benzene rings is 1. The van der Waals surface area contributed by atoms with Crippen LogP contribution >= 0.6 is 0 Å². The van der Waals surface area contributed by atoms with Gasteiger partial charge in [-0.3, -0.25) is 4.68 Å². The average Bonchev–Trinajstić information content (AvgIpc) is 2.99. The Kier molecular flexibility index (Phi) is 4.32. The fourth-order valence-electron chi connectivity index (χ4n) is 2.37. The van der Waals surface area contributed by atoms with E-state index >= 15 is 0 Å². The van der Waals surface area contributed by atoms with Crippen LogP contribution in [-0.2, 0) is 23.6 Å². The second-order valence-electron chi connectivity index (χ2n) is 5.35. The van der Waals surface area contributed by atoms with Crippen LogP contribution in [0.4, 0.5) is 5.82 Å². The quantitative estimate of drug-likeness (QED) is 0.734. The summed E-state index contributed by atoms with van der Waals surface area (Å²) >= 11 is 0. The average molecular weight is 343 g/mol. The Hall–Kier alpha value is -2.71. The summed E-state index contributed by atoms with van der Waals surface area (Å²) in [6.07, 6.45) is 5.25. The van der Waals surface area contributed by atoms with Gasteiger partial charge in [0.1, 0.15) is 10.7 Å². The summed E-state index contributed by atoms with van der Waals surface area (Å²) in [5, 5.41) is 12.4. The van der Waals surface area contributed by atoms with Gasteiger partial charge < -0.3 is 5.32 Å². The molecule has 3 aromatic rings. The highest BCUT2D eigenvalue weighted by atomic mass is 32.2. The lowest BCUT2D eigenvalue weighted by atomic mass is 10.1. The van der Waals surface area contributed by atoms with Crippen molar-refractivity contribution in [2.45, 2.75) is 11.4 Å². The minimum Gasteiger partial charge on any atom is -0.365 e. The maximum atomic E-state index is 11.6. The molecular formula is C16H17N5O2S. The molecule has 0 radical (unpaired) electrons. The lowest BCUT2D eigenvalue weighted by Crippen LogP contribution is -2.15. The third kappa shape index (κ3) is 3.61. The topological polar surface area (TPSA) is 103 Å². The van der Waals surface area contributed by atoms with E-state index in [4.69, 9.17) is 5.14 Å². The van der Waals surface area contributed by atoms with Crippen LogP contribution in [0.5, 0.6) is 0 Å². The first-order chi connectivity index (χ1) is 11.4. The molecule has 0 saturated heterocycles. The normalized spacial score (nSPS) is 11.4. The number of sulfonamides is 1. The van der Waals surface area contributed by atoms with Gasteiger partial charge in [-0.05, 0) is 29.3 Å². The molecule has 0 saturated carbocycles. The van der Waals surface area contributed by atoms with Gasteiger partial charge in [-0.2, -0.15) is 5.10 Å². The van der Waals surface area contributed by atoms with E-state index in [1.807, 2.05) is 37.5 Å². The number of rotatable bonds is 5. The summed E-state index contributed by atoms with van der Waals surface area (Å²) in [4.78, 5) is 4.04. The van der Waals surface area contributed by atoms with E-state index in [-0.39, 0.29) is 10.7 Å². The maximum Gasteiger partial charge on any atom is 0.241 e. The zero-order chi connectivity index (χ0) is 17.2. The Bertz CT molecular complexity index is 966. The van der Waals surface area contributed by atoms with Crippen molar-refractivity contribution >= 4 is 15.8 Å². The smallest absolute Gasteiger partial charge is 0.241 e. The third-order valence-corrected chi connectivity index (χ3v) is 4.44. The number of nitrogens with zero attached hydrogens (tertiary/aromatic N) is 3. The van der Waals surface area contributed by atoms with E-state index in [1.165, 1.54) is 18.3 Å². The summed E-state index contributed by atoms with van der Waals surface area (Å²) in [7, 11) is -1.96. The molecule has 0 spiro atoms. The van der Waals surface area contributed by atoms with Crippen LogP contribution in [0.2, 0.25) is 0 Å². The molecule has 0 aliphatic carbocycles. The lowest BCUT2D eigenvalue weighted by Gasteiger charge is -2.10. The van der Waals surface area contributed by atoms with E-state index in [1.54, 1.807) is 10.9 Å². The number of primary sulfonamides is 1. The van der Waals surface area contributed by atoms with E-state index < -0.39 is 10.0 Å². The largest absolute Gasteiger partial charge is 0.365 e. The third-order valence-electron chi connectivity index (χ3n) is 3.50. The Labute approximate surface area is 140 Å². The van der Waals surface area contributed by atoms with Crippen molar-refractivity contribution in [2.75, 3.05) is 5.32 Å². The Balaban J connectivity index is 1.81. The highest BCUT2D eigenvalue weighted by Crippen LogP contribution is 2.21. The molecule has 0 fully saturated rings. The van der Waals surface area contributed by atoms with Crippen LogP contribution < -0.4 is 10.5 Å². The highest BCUT2D eigenvalue weighted by molar-refractivity contribution is 7.89. The molecule has 0 aliphatic heterocycles. The molecule has 24 heavy (non-hydrogen) atoms. The van der Waals surface area contributed by atoms with Gasteiger partial charge >= 0.3 is 0 Å². The molecule has 3 rings (SSSR count). The highest BCUT2D eigenvalue weighted by Gasteiger charge is 2.14. The Morgan fingerprint density at radius 3 is 2.75 bits per heavy atom. The standard InChI is InChI=1S/C16H17N5O2S/c1-21-11-14(10-20-21)13-5-2-4-12(8-13)9-19-16-15(24(17,22)23)6-3-7-18-16/h2-8,10-11H,9H2,1H3,(H,18,19)(H2,17,22,23). The molecule has 1 aromatic carbocycles. The van der Waals surface area contributed by atoms with E-state index in [9.17, 15) is 8.42 Å². The first-order valence-corrected chi connectivity index (χ1v) is 8.78. The number of hydrogen-bond donors (Lipinski definition) is 2. The number of nitrogens with one attached hydrogen (secondary N) is 1. The Morgan fingerprint density at radius 2 is 2.04 bits per heavy atom. The number of aryl methyl sites for hydroxylation is 1. The van der Waals surface area contributed by atoms with Crippen molar-refractivity contribution in [1.29, 1.82) is 0 Å². The van der Waals surface area contributed by atoms with Gasteiger partial charge in [-0.1, -0.05) is 18.2 Å². The predicted octanol–water partition coefficient (Wildman–Crippen LogP) is 1.74. The number of pyridine rings is 1. The fraction of sp³-hybridized carbons (Fsp3) is 0.125. The van der Waals surface area contributed by atoms with Gasteiger partial charge in [0.25, 0.3) is 0 Å². The summed E-state index contributed by atoms with van der Waals surface area (Å²) in [5.74, 6) is 0.242. The number of anilines is 1. The molecule has 0 atom stereocenters. The summed E-state index contributed by atoms with van der Waals surface area (Å²) in [6.45, 7) is 0.424. The second kappa shape index (κ2) is 6.42. The second-order valence-corrected chi connectivity index (χ2v) is 6.88. The minimum atomic E-state index is -3.82. The number of nitrogens with two attached hydrogens (primary N) is 1. The SMILES string of the molecule is Cn1cc(-c2cccc(CNc3ncccc3S(N)(=O)=O)c2)cn1. The van der Waals surface area contributed by atoms with Gasteiger partial charge in [0.2, 0.25) is 10.0 Å². The first kappa shape index (κ1) is 16.2. The van der Waals surface area contributed by atoms with Gasteiger partial charge in [0.15, 0.2) is 0 Å². The van der Waals surface area contributed by atoms with E-state index in [0.717, 1.165) is 16.7 Å². The first-order valence-electron chi connectivity index (χ1n) is 7.23. The van der Waals surface area contributed by atoms with Gasteiger partial charge in [0, 0.05) is 31.5 Å². The molecule has 0 aliphatic rings. The molecule has 2 heterocycles. The molecule has 8 heteroatoms. The van der Waals surface area contributed by atoms with Crippen molar-refractivity contribution in [3.05, 3.63) is 60.6 Å². The molecule has 0 unspecified atom stereocenters. The van der Waals surface area contributed by atoms with Crippen LogP contribution in [-0.4, -0.2) is 23.2 Å². The Morgan fingerprint density at radius 1 is 1.21 bits per heavy atom. The molecule has 2 aromatic heterocycles. The van der Waals surface area contributed by atoms with Crippen molar-refractivity contribution < 1.29 is 8.42 Å². The predicted molar refractivity (Wildman–Crippen MR) is 91.6 cm³/mol. The zero-order valence-electron chi connectivity index (χ0n) is 13.0. The molecule has 3 N–H and O–H groups in total. The molecule has 0 amide bonds. The van der Waals surface area contributed by atoms with E-state index in [0.29, 0.717) is 6.54 Å². The van der Waals surface area contributed by atoms with Gasteiger partial charge in [-0.25, -0.2) is 18.5 Å². The molecule has 124 valence electrons. The lowest BCUT2D eigenvalue weighted by molar-refractivity contribution is 0.597. The van der Waals surface area contributed by atoms with Gasteiger partial charge in [-0.15, -0.1) is 0 Å². The summed E-state index contributed by atoms with van der Waals surface area (Å²) in [5.41, 5.74) is 3.04. The minimum absolute atomic E-state index is 0.0200. The molecular weight excluding hydrogens is 326 g/mol. The fourth-order valence-corrected chi connectivity index (χ4v) is 3.03. The summed E-state index contributed by atoms with van der Waals surface area (Å²) < 4.78 is 24.9. The van der Waals surface area contributed by atoms with E-state index in [2.05, 4.69) is 15.4 Å². The molecule has 7 nitrogen and oxygen atoms in total. The van der Waals surface area contributed by atoms with Crippen LogP contribution in [0.3, 0.4) is 0 Å². The van der Waals surface area contributed by atoms with Crippen molar-refractivity contribution in [3.8, 4) is 11.1 Å². The monoisotopic (exact) mass is 343 g/mol. The maximum absolute atomic E-state index is 11.6. The van der Waals surface area contributed by atoms with Gasteiger partial charge in [0.05, 0.1) is 6.20 Å².